The molecule has 0 heterocycles. The minimum atomic E-state index is -0.246. The largest absolute Gasteiger partial charge is 0.300 e. The van der Waals surface area contributed by atoms with E-state index in [0.29, 0.717) is 6.04 Å². The molecule has 0 aromatic heterocycles. The zero-order chi connectivity index (χ0) is 13.7. The van der Waals surface area contributed by atoms with Gasteiger partial charge in [0.2, 0.25) is 0 Å². The van der Waals surface area contributed by atoms with Crippen LogP contribution in [0.25, 0.3) is 0 Å². The van der Waals surface area contributed by atoms with E-state index in [0.717, 1.165) is 31.8 Å². The quantitative estimate of drug-likeness (QED) is 0.828. The highest BCUT2D eigenvalue weighted by atomic mass is 15.2. The molecule has 3 nitrogen and oxygen atoms in total. The van der Waals surface area contributed by atoms with Crippen LogP contribution in [0.5, 0.6) is 0 Å². The molecular weight excluding hydrogens is 234 g/mol. The van der Waals surface area contributed by atoms with Crippen molar-refractivity contribution in [1.82, 2.24) is 10.2 Å². The number of nitrogens with zero attached hydrogens (tertiary/aromatic N) is 2. The zero-order valence-corrected chi connectivity index (χ0v) is 12.6. The van der Waals surface area contributed by atoms with Crippen molar-refractivity contribution in [1.29, 1.82) is 5.26 Å². The third-order valence-corrected chi connectivity index (χ3v) is 5.14. The number of nitriles is 1. The van der Waals surface area contributed by atoms with Crippen LogP contribution in [0.3, 0.4) is 0 Å². The molecule has 0 bridgehead atoms. The first-order valence-electron chi connectivity index (χ1n) is 8.09. The Morgan fingerprint density at radius 3 is 2.58 bits per heavy atom. The van der Waals surface area contributed by atoms with Crippen molar-refractivity contribution in [3.63, 3.8) is 0 Å². The molecule has 2 saturated carbocycles. The van der Waals surface area contributed by atoms with E-state index in [9.17, 15) is 5.26 Å². The Balaban J connectivity index is 1.90. The van der Waals surface area contributed by atoms with Gasteiger partial charge in [-0.25, -0.2) is 0 Å². The van der Waals surface area contributed by atoms with E-state index in [1.807, 2.05) is 0 Å². The van der Waals surface area contributed by atoms with Crippen LogP contribution in [-0.2, 0) is 0 Å². The summed E-state index contributed by atoms with van der Waals surface area (Å²) in [4.78, 5) is 2.59. The summed E-state index contributed by atoms with van der Waals surface area (Å²) in [7, 11) is 2.29. The maximum absolute atomic E-state index is 9.52. The van der Waals surface area contributed by atoms with Crippen LogP contribution >= 0.6 is 0 Å². The van der Waals surface area contributed by atoms with Crippen molar-refractivity contribution in [3.8, 4) is 6.07 Å². The summed E-state index contributed by atoms with van der Waals surface area (Å²) in [5.41, 5.74) is -0.246. The SMILES string of the molecule is CCCNC1(C#N)CCC(N(C)C2CCCCC2)C1. The lowest BCUT2D eigenvalue weighted by atomic mass is 9.93. The molecule has 2 fully saturated rings. The molecule has 0 amide bonds. The molecule has 2 unspecified atom stereocenters. The fraction of sp³-hybridized carbons (Fsp3) is 0.938. The van der Waals surface area contributed by atoms with Crippen LogP contribution in [-0.4, -0.2) is 36.1 Å². The van der Waals surface area contributed by atoms with Crippen LogP contribution in [0.1, 0.15) is 64.7 Å². The minimum absolute atomic E-state index is 0.246. The van der Waals surface area contributed by atoms with Gasteiger partial charge in [-0.05, 0) is 52.1 Å². The predicted octanol–water partition coefficient (Wildman–Crippen LogP) is 3.07. The normalized spacial score (nSPS) is 32.6. The third-order valence-electron chi connectivity index (χ3n) is 5.14. The zero-order valence-electron chi connectivity index (χ0n) is 12.6. The Morgan fingerprint density at radius 1 is 1.21 bits per heavy atom. The molecule has 0 aromatic carbocycles. The highest BCUT2D eigenvalue weighted by molar-refractivity contribution is 5.13. The minimum Gasteiger partial charge on any atom is -0.300 e. The molecule has 0 radical (unpaired) electrons. The summed E-state index contributed by atoms with van der Waals surface area (Å²) in [6, 6.07) is 3.93. The number of nitrogens with one attached hydrogen (secondary N) is 1. The first kappa shape index (κ1) is 14.8. The molecule has 2 aliphatic carbocycles. The van der Waals surface area contributed by atoms with Gasteiger partial charge >= 0.3 is 0 Å². The standard InChI is InChI=1S/C16H29N3/c1-3-11-18-16(13-17)10-9-15(12-16)19(2)14-7-5-4-6-8-14/h14-15,18H,3-12H2,1-2H3. The van der Waals surface area contributed by atoms with E-state index >= 15 is 0 Å². The van der Waals surface area contributed by atoms with Crippen molar-refractivity contribution in [2.75, 3.05) is 13.6 Å². The molecule has 2 aliphatic rings. The van der Waals surface area contributed by atoms with Gasteiger partial charge in [0, 0.05) is 12.1 Å². The van der Waals surface area contributed by atoms with Crippen LogP contribution in [0.15, 0.2) is 0 Å². The lowest BCUT2D eigenvalue weighted by Gasteiger charge is -2.36. The molecule has 2 rings (SSSR count). The van der Waals surface area contributed by atoms with Crippen molar-refractivity contribution >= 4 is 0 Å². The van der Waals surface area contributed by atoms with Gasteiger partial charge in [0.15, 0.2) is 0 Å². The van der Waals surface area contributed by atoms with Gasteiger partial charge in [0.05, 0.1) is 6.07 Å². The average Bonchev–Trinajstić information content (AvgIpc) is 2.90. The Bertz CT molecular complexity index is 316. The molecule has 0 aliphatic heterocycles. The van der Waals surface area contributed by atoms with Crippen molar-refractivity contribution in [3.05, 3.63) is 0 Å². The highest BCUT2D eigenvalue weighted by Gasteiger charge is 2.41. The Morgan fingerprint density at radius 2 is 1.95 bits per heavy atom. The first-order chi connectivity index (χ1) is 9.21. The molecule has 19 heavy (non-hydrogen) atoms. The van der Waals surface area contributed by atoms with E-state index < -0.39 is 0 Å². The first-order valence-corrected chi connectivity index (χ1v) is 8.09. The number of hydrogen-bond donors (Lipinski definition) is 1. The Kier molecular flexibility index (Phi) is 5.24. The van der Waals surface area contributed by atoms with Crippen molar-refractivity contribution < 1.29 is 0 Å². The monoisotopic (exact) mass is 263 g/mol. The molecule has 0 saturated heterocycles. The molecule has 1 N–H and O–H groups in total. The summed E-state index contributed by atoms with van der Waals surface area (Å²) >= 11 is 0. The lowest BCUT2D eigenvalue weighted by molar-refractivity contribution is 0.135. The molecular formula is C16H29N3. The van der Waals surface area contributed by atoms with Crippen molar-refractivity contribution in [2.24, 2.45) is 0 Å². The second-order valence-corrected chi connectivity index (χ2v) is 6.47. The van der Waals surface area contributed by atoms with Gasteiger partial charge < -0.3 is 4.90 Å². The van der Waals surface area contributed by atoms with E-state index in [-0.39, 0.29) is 5.54 Å². The number of rotatable bonds is 5. The summed E-state index contributed by atoms with van der Waals surface area (Å²) in [5, 5.41) is 13.0. The van der Waals surface area contributed by atoms with Gasteiger partial charge in [0.1, 0.15) is 5.54 Å². The second-order valence-electron chi connectivity index (χ2n) is 6.47. The maximum atomic E-state index is 9.52. The molecule has 108 valence electrons. The van der Waals surface area contributed by atoms with E-state index in [2.05, 4.69) is 30.3 Å². The molecule has 0 spiro atoms. The fourth-order valence-electron chi connectivity index (χ4n) is 3.82. The molecule has 3 heteroatoms. The highest BCUT2D eigenvalue weighted by Crippen LogP contribution is 2.35. The van der Waals surface area contributed by atoms with Gasteiger partial charge in [-0.15, -0.1) is 0 Å². The van der Waals surface area contributed by atoms with Crippen LogP contribution < -0.4 is 5.32 Å². The third kappa shape index (κ3) is 3.49. The van der Waals surface area contributed by atoms with E-state index in [1.165, 1.54) is 38.5 Å². The predicted molar refractivity (Wildman–Crippen MR) is 78.9 cm³/mol. The second kappa shape index (κ2) is 6.72. The average molecular weight is 263 g/mol. The van der Waals surface area contributed by atoms with Gasteiger partial charge in [-0.3, -0.25) is 5.32 Å². The van der Waals surface area contributed by atoms with Crippen LogP contribution in [0.2, 0.25) is 0 Å². The topological polar surface area (TPSA) is 39.1 Å². The van der Waals surface area contributed by atoms with Gasteiger partial charge in [-0.1, -0.05) is 26.2 Å². The van der Waals surface area contributed by atoms with E-state index in [1.54, 1.807) is 0 Å². The summed E-state index contributed by atoms with van der Waals surface area (Å²) in [5.74, 6) is 0. The van der Waals surface area contributed by atoms with Gasteiger partial charge in [-0.2, -0.15) is 5.26 Å². The molecule has 2 atom stereocenters. The van der Waals surface area contributed by atoms with E-state index in [4.69, 9.17) is 0 Å². The smallest absolute Gasteiger partial charge is 0.108 e. The maximum Gasteiger partial charge on any atom is 0.108 e. The summed E-state index contributed by atoms with van der Waals surface area (Å²) in [6.07, 6.45) is 11.2. The fourth-order valence-corrected chi connectivity index (χ4v) is 3.82. The Labute approximate surface area is 118 Å². The Hall–Kier alpha value is -0.590. The van der Waals surface area contributed by atoms with Crippen LogP contribution in [0.4, 0.5) is 0 Å². The van der Waals surface area contributed by atoms with Crippen molar-refractivity contribution in [2.45, 2.75) is 82.3 Å². The lowest BCUT2D eigenvalue weighted by Crippen LogP contribution is -2.45. The summed E-state index contributed by atoms with van der Waals surface area (Å²) in [6.45, 7) is 3.13. The number of hydrogen-bond acceptors (Lipinski definition) is 3. The molecule has 0 aromatic rings. The summed E-state index contributed by atoms with van der Waals surface area (Å²) < 4.78 is 0. The van der Waals surface area contributed by atoms with Crippen LogP contribution in [0, 0.1) is 11.3 Å². The van der Waals surface area contributed by atoms with Gasteiger partial charge in [0.25, 0.3) is 0 Å².